The van der Waals surface area contributed by atoms with Crippen molar-refractivity contribution in [3.8, 4) is 5.69 Å². The summed E-state index contributed by atoms with van der Waals surface area (Å²) in [5.74, 6) is -9.03. The molecule has 0 N–H and O–H groups in total. The number of hydrogen-bond donors (Lipinski definition) is 0. The van der Waals surface area contributed by atoms with Gasteiger partial charge in [0.05, 0.1) is 10.7 Å². The zero-order chi connectivity index (χ0) is 16.0. The Balaban J connectivity index is 2.57. The highest BCUT2D eigenvalue weighted by Crippen LogP contribution is 2.42. The van der Waals surface area contributed by atoms with Crippen molar-refractivity contribution in [2.75, 3.05) is 0 Å². The van der Waals surface area contributed by atoms with E-state index in [4.69, 9.17) is 23.2 Å². The van der Waals surface area contributed by atoms with Crippen LogP contribution in [0.15, 0.2) is 27.4 Å². The zero-order valence-corrected chi connectivity index (χ0v) is 11.1. The van der Waals surface area contributed by atoms with Gasteiger partial charge in [0.1, 0.15) is 0 Å². The number of benzene rings is 1. The van der Waals surface area contributed by atoms with Gasteiger partial charge in [-0.15, -0.1) is 5.10 Å². The van der Waals surface area contributed by atoms with Crippen LogP contribution >= 0.6 is 23.2 Å². The molecule has 0 atom stereocenters. The van der Waals surface area contributed by atoms with E-state index < -0.39 is 23.7 Å². The largest absolute Gasteiger partial charge is 0.463 e. The molecular weight excluding hydrogens is 346 g/mol. The van der Waals surface area contributed by atoms with Crippen molar-refractivity contribution >= 4 is 23.2 Å². The quantitative estimate of drug-likeness (QED) is 0.776. The minimum Gasteiger partial charge on any atom is -0.385 e. The molecule has 0 spiro atoms. The van der Waals surface area contributed by atoms with Crippen LogP contribution in [0.2, 0.25) is 10.0 Å². The number of hydrogen-bond acceptors (Lipinski definition) is 3. The highest BCUT2D eigenvalue weighted by molar-refractivity contribution is 6.35. The maximum atomic E-state index is 13.0. The maximum Gasteiger partial charge on any atom is 0.463 e. The van der Waals surface area contributed by atoms with Gasteiger partial charge in [0.15, 0.2) is 0 Å². The number of halogens is 7. The molecule has 0 fully saturated rings. The molecule has 21 heavy (non-hydrogen) atoms. The topological polar surface area (TPSA) is 48.0 Å². The molecule has 0 aliphatic carbocycles. The number of nitrogens with zero attached hydrogens (tertiary/aromatic N) is 2. The minimum atomic E-state index is -5.95. The second-order valence-electron chi connectivity index (χ2n) is 3.75. The van der Waals surface area contributed by atoms with E-state index in [1.54, 1.807) is 0 Å². The standard InChI is InChI=1S/C10H3Cl2F5N2O2/c11-4-1-2-6(5(12)3-4)19-8(20)21-7(18-19)9(13,14)10(15,16)17/h1-3H. The molecule has 11 heteroatoms. The third-order valence-corrected chi connectivity index (χ3v) is 2.85. The lowest BCUT2D eigenvalue weighted by atomic mass is 10.3. The molecule has 0 unspecified atom stereocenters. The van der Waals surface area contributed by atoms with Crippen LogP contribution in [-0.4, -0.2) is 16.0 Å². The predicted octanol–water partition coefficient (Wildman–Crippen LogP) is 3.79. The lowest BCUT2D eigenvalue weighted by Crippen LogP contribution is -2.34. The van der Waals surface area contributed by atoms with Crippen molar-refractivity contribution in [1.29, 1.82) is 0 Å². The monoisotopic (exact) mass is 348 g/mol. The maximum absolute atomic E-state index is 13.0. The summed E-state index contributed by atoms with van der Waals surface area (Å²) in [6.45, 7) is 0. The Hall–Kier alpha value is -1.61. The molecule has 0 saturated heterocycles. The summed E-state index contributed by atoms with van der Waals surface area (Å²) in [7, 11) is 0. The molecule has 1 heterocycles. The SMILES string of the molecule is O=c1oc(C(F)(F)C(F)(F)F)nn1-c1ccc(Cl)cc1Cl. The van der Waals surface area contributed by atoms with Gasteiger partial charge in [-0.25, -0.2) is 4.79 Å². The Labute approximate surface area is 122 Å². The highest BCUT2D eigenvalue weighted by Gasteiger charge is 2.63. The van der Waals surface area contributed by atoms with Gasteiger partial charge in [0.2, 0.25) is 0 Å². The van der Waals surface area contributed by atoms with Crippen LogP contribution in [-0.2, 0) is 5.92 Å². The van der Waals surface area contributed by atoms with Gasteiger partial charge in [-0.1, -0.05) is 23.2 Å². The predicted molar refractivity (Wildman–Crippen MR) is 62.1 cm³/mol. The van der Waals surface area contributed by atoms with Gasteiger partial charge in [-0.2, -0.15) is 26.6 Å². The van der Waals surface area contributed by atoms with Crippen LogP contribution in [0.4, 0.5) is 22.0 Å². The Morgan fingerprint density at radius 1 is 1.14 bits per heavy atom. The fraction of sp³-hybridized carbons (Fsp3) is 0.200. The number of rotatable bonds is 2. The van der Waals surface area contributed by atoms with Crippen molar-refractivity contribution < 1.29 is 26.4 Å². The van der Waals surface area contributed by atoms with E-state index in [0.717, 1.165) is 12.1 Å². The Morgan fingerprint density at radius 3 is 2.29 bits per heavy atom. The van der Waals surface area contributed by atoms with E-state index in [0.29, 0.717) is 0 Å². The van der Waals surface area contributed by atoms with Crippen molar-refractivity contribution in [2.24, 2.45) is 0 Å². The van der Waals surface area contributed by atoms with E-state index in [1.165, 1.54) is 6.07 Å². The molecule has 0 aliphatic heterocycles. The van der Waals surface area contributed by atoms with E-state index in [-0.39, 0.29) is 20.4 Å². The summed E-state index contributed by atoms with van der Waals surface area (Å²) in [5, 5.41) is 2.84. The summed E-state index contributed by atoms with van der Waals surface area (Å²) < 4.78 is 66.7. The van der Waals surface area contributed by atoms with Crippen LogP contribution in [0, 0.1) is 0 Å². The zero-order valence-electron chi connectivity index (χ0n) is 9.59. The van der Waals surface area contributed by atoms with Gasteiger partial charge in [0, 0.05) is 5.02 Å². The van der Waals surface area contributed by atoms with Crippen LogP contribution < -0.4 is 5.76 Å². The molecule has 0 radical (unpaired) electrons. The molecule has 1 aromatic carbocycles. The fourth-order valence-corrected chi connectivity index (χ4v) is 1.82. The van der Waals surface area contributed by atoms with E-state index in [1.807, 2.05) is 0 Å². The Kier molecular flexibility index (Phi) is 3.75. The number of aromatic nitrogens is 2. The van der Waals surface area contributed by atoms with E-state index in [9.17, 15) is 26.7 Å². The molecular formula is C10H3Cl2F5N2O2. The first-order valence-corrected chi connectivity index (χ1v) is 5.80. The van der Waals surface area contributed by atoms with Crippen molar-refractivity contribution in [3.63, 3.8) is 0 Å². The molecule has 2 aromatic rings. The molecule has 0 aliphatic rings. The lowest BCUT2D eigenvalue weighted by Gasteiger charge is -2.14. The van der Waals surface area contributed by atoms with Crippen molar-refractivity contribution in [3.05, 3.63) is 44.7 Å². The molecule has 4 nitrogen and oxygen atoms in total. The van der Waals surface area contributed by atoms with Crippen LogP contribution in [0.5, 0.6) is 0 Å². The average molecular weight is 349 g/mol. The molecule has 2 rings (SSSR count). The van der Waals surface area contributed by atoms with Crippen LogP contribution in [0.3, 0.4) is 0 Å². The van der Waals surface area contributed by atoms with Gasteiger partial charge >= 0.3 is 17.9 Å². The fourth-order valence-electron chi connectivity index (χ4n) is 1.33. The van der Waals surface area contributed by atoms with Crippen molar-refractivity contribution in [1.82, 2.24) is 9.78 Å². The molecule has 0 bridgehead atoms. The van der Waals surface area contributed by atoms with E-state index in [2.05, 4.69) is 9.52 Å². The molecule has 1 aromatic heterocycles. The first-order valence-electron chi connectivity index (χ1n) is 5.04. The molecule has 0 saturated carbocycles. The smallest absolute Gasteiger partial charge is 0.385 e. The van der Waals surface area contributed by atoms with Crippen LogP contribution in [0.25, 0.3) is 5.69 Å². The van der Waals surface area contributed by atoms with Gasteiger partial charge < -0.3 is 4.42 Å². The van der Waals surface area contributed by atoms with Gasteiger partial charge in [0.25, 0.3) is 5.89 Å². The lowest BCUT2D eigenvalue weighted by molar-refractivity contribution is -0.297. The molecule has 0 amide bonds. The Morgan fingerprint density at radius 2 is 1.76 bits per heavy atom. The highest BCUT2D eigenvalue weighted by atomic mass is 35.5. The first kappa shape index (κ1) is 15.8. The second-order valence-corrected chi connectivity index (χ2v) is 4.60. The number of alkyl halides is 5. The summed E-state index contributed by atoms with van der Waals surface area (Å²) in [6.07, 6.45) is -5.95. The third kappa shape index (κ3) is 2.75. The minimum absolute atomic E-state index is 0.168. The summed E-state index contributed by atoms with van der Waals surface area (Å²) in [5.41, 5.74) is -0.251. The van der Waals surface area contributed by atoms with Crippen molar-refractivity contribution in [2.45, 2.75) is 12.1 Å². The van der Waals surface area contributed by atoms with Crippen LogP contribution in [0.1, 0.15) is 5.89 Å². The van der Waals surface area contributed by atoms with Gasteiger partial charge in [-0.3, -0.25) is 0 Å². The summed E-state index contributed by atoms with van der Waals surface area (Å²) >= 11 is 11.3. The summed E-state index contributed by atoms with van der Waals surface area (Å²) in [4.78, 5) is 11.4. The van der Waals surface area contributed by atoms with Gasteiger partial charge in [-0.05, 0) is 18.2 Å². The third-order valence-electron chi connectivity index (χ3n) is 2.31. The van der Waals surface area contributed by atoms with E-state index >= 15 is 0 Å². The normalized spacial score (nSPS) is 12.7. The summed E-state index contributed by atoms with van der Waals surface area (Å²) in [6, 6.07) is 3.51. The first-order chi connectivity index (χ1) is 9.54. The Bertz CT molecular complexity index is 738. The average Bonchev–Trinajstić information content (AvgIpc) is 2.70. The second kappa shape index (κ2) is 4.99. The molecule has 114 valence electrons.